The van der Waals surface area contributed by atoms with E-state index in [1.165, 1.54) is 55.1 Å². The highest BCUT2D eigenvalue weighted by Crippen LogP contribution is 2.31. The largest absolute Gasteiger partial charge is 0.416 e. The number of hydrogen-bond acceptors (Lipinski definition) is 5. The number of halogens is 4. The van der Waals surface area contributed by atoms with Crippen LogP contribution in [-0.4, -0.2) is 37.3 Å². The highest BCUT2D eigenvalue weighted by Gasteiger charge is 2.30. The highest BCUT2D eigenvalue weighted by atomic mass is 35.5. The molecule has 152 valence electrons. The average molecular weight is 433 g/mol. The Morgan fingerprint density at radius 2 is 1.73 bits per heavy atom. The van der Waals surface area contributed by atoms with E-state index >= 15 is 0 Å². The van der Waals surface area contributed by atoms with Gasteiger partial charge in [-0.1, -0.05) is 23.7 Å². The number of alkyl halides is 3. The Bertz CT molecular complexity index is 1220. The van der Waals surface area contributed by atoms with Crippen molar-refractivity contribution in [2.75, 3.05) is 11.9 Å². The average Bonchev–Trinajstić information content (AvgIpc) is 3.16. The van der Waals surface area contributed by atoms with Gasteiger partial charge in [-0.25, -0.2) is 19.9 Å². The number of anilines is 1. The fourth-order valence-corrected chi connectivity index (χ4v) is 2.90. The number of imidazole rings is 1. The van der Waals surface area contributed by atoms with Crippen molar-refractivity contribution in [2.45, 2.75) is 6.18 Å². The van der Waals surface area contributed by atoms with E-state index in [0.29, 0.717) is 16.9 Å². The molecule has 4 aromatic rings. The van der Waals surface area contributed by atoms with Crippen LogP contribution in [0.2, 0.25) is 5.15 Å². The van der Waals surface area contributed by atoms with Crippen LogP contribution < -0.4 is 4.90 Å². The summed E-state index contributed by atoms with van der Waals surface area (Å²) in [5.74, 6) is -0.180. The molecule has 3 aromatic heterocycles. The molecule has 0 aliphatic heterocycles. The first kappa shape index (κ1) is 19.8. The molecular formula is C19H12ClF3N6O. The second-order valence-corrected chi connectivity index (χ2v) is 6.67. The van der Waals surface area contributed by atoms with Crippen molar-refractivity contribution >= 4 is 29.0 Å². The number of hydrogen-bond donors (Lipinski definition) is 0. The zero-order valence-electron chi connectivity index (χ0n) is 15.3. The molecule has 0 spiro atoms. The van der Waals surface area contributed by atoms with Gasteiger partial charge >= 0.3 is 6.18 Å². The van der Waals surface area contributed by atoms with Gasteiger partial charge in [0.25, 0.3) is 5.91 Å². The summed E-state index contributed by atoms with van der Waals surface area (Å²) in [5, 5.41) is 0.193. The third-order valence-electron chi connectivity index (χ3n) is 4.38. The van der Waals surface area contributed by atoms with Crippen molar-refractivity contribution in [3.63, 3.8) is 0 Å². The fraction of sp³-hybridized carbons (Fsp3) is 0.105. The first-order chi connectivity index (χ1) is 14.2. The van der Waals surface area contributed by atoms with Crippen molar-refractivity contribution in [3.05, 3.63) is 71.7 Å². The van der Waals surface area contributed by atoms with E-state index in [2.05, 4.69) is 19.9 Å². The molecule has 11 heteroatoms. The molecule has 1 aromatic carbocycles. The number of carbonyl (C=O) groups is 1. The van der Waals surface area contributed by atoms with Gasteiger partial charge in [-0.3, -0.25) is 14.1 Å². The second-order valence-electron chi connectivity index (χ2n) is 6.28. The molecule has 1 amide bonds. The van der Waals surface area contributed by atoms with Crippen LogP contribution in [-0.2, 0) is 6.18 Å². The molecule has 7 nitrogen and oxygen atoms in total. The molecule has 0 fully saturated rings. The number of nitrogens with zero attached hydrogens (tertiary/aromatic N) is 6. The maximum atomic E-state index is 12.8. The summed E-state index contributed by atoms with van der Waals surface area (Å²) in [5.41, 5.74) is 0.813. The minimum Gasteiger partial charge on any atom is -0.296 e. The third kappa shape index (κ3) is 3.69. The van der Waals surface area contributed by atoms with E-state index in [0.717, 1.165) is 12.1 Å². The molecule has 0 saturated heterocycles. The van der Waals surface area contributed by atoms with Crippen molar-refractivity contribution in [3.8, 4) is 11.3 Å². The number of aromatic nitrogens is 5. The number of rotatable bonds is 3. The lowest BCUT2D eigenvalue weighted by atomic mass is 10.1. The molecule has 0 aliphatic carbocycles. The SMILES string of the molecule is CN(C(=O)c1cn2c(-c3ccc(C(F)(F)F)cc3)cnc2cn1)c1cnc(Cl)cn1. The summed E-state index contributed by atoms with van der Waals surface area (Å²) in [6.45, 7) is 0. The van der Waals surface area contributed by atoms with E-state index in [9.17, 15) is 18.0 Å². The lowest BCUT2D eigenvalue weighted by molar-refractivity contribution is -0.137. The van der Waals surface area contributed by atoms with Gasteiger partial charge in [-0.05, 0) is 12.1 Å². The van der Waals surface area contributed by atoms with Crippen LogP contribution in [0.3, 0.4) is 0 Å². The Morgan fingerprint density at radius 1 is 1.00 bits per heavy atom. The predicted molar refractivity (Wildman–Crippen MR) is 103 cm³/mol. The molecule has 3 heterocycles. The number of fused-ring (bicyclic) bond motifs is 1. The van der Waals surface area contributed by atoms with Crippen molar-refractivity contribution in [1.82, 2.24) is 24.3 Å². The van der Waals surface area contributed by atoms with Crippen molar-refractivity contribution in [1.29, 1.82) is 0 Å². The van der Waals surface area contributed by atoms with Gasteiger partial charge in [0, 0.05) is 18.8 Å². The standard InChI is InChI=1S/C19H12ClF3N6O/c1-28(16-8-25-15(20)7-27-16)18(30)13-10-29-14(6-26-17(29)9-24-13)11-2-4-12(5-3-11)19(21,22)23/h2-10H,1H3. The van der Waals surface area contributed by atoms with Gasteiger partial charge in [-0.2, -0.15) is 13.2 Å². The summed E-state index contributed by atoms with van der Waals surface area (Å²) < 4.78 is 40.0. The normalized spacial score (nSPS) is 11.6. The van der Waals surface area contributed by atoms with Gasteiger partial charge in [-0.15, -0.1) is 0 Å². The van der Waals surface area contributed by atoms with Crippen LogP contribution in [0.5, 0.6) is 0 Å². The van der Waals surface area contributed by atoms with Crippen LogP contribution in [0.1, 0.15) is 16.1 Å². The summed E-state index contributed by atoms with van der Waals surface area (Å²) in [4.78, 5) is 30.3. The Hall–Kier alpha value is -3.53. The number of amides is 1. The molecule has 0 N–H and O–H groups in total. The molecule has 30 heavy (non-hydrogen) atoms. The van der Waals surface area contributed by atoms with Gasteiger partial charge in [0.15, 0.2) is 11.5 Å². The molecule has 0 aliphatic rings. The first-order valence-corrected chi connectivity index (χ1v) is 8.88. The minimum atomic E-state index is -4.42. The second kappa shape index (κ2) is 7.38. The summed E-state index contributed by atoms with van der Waals surface area (Å²) in [6.07, 6.45) is 2.62. The third-order valence-corrected chi connectivity index (χ3v) is 4.57. The molecule has 0 radical (unpaired) electrons. The van der Waals surface area contributed by atoms with Gasteiger partial charge in [0.05, 0.1) is 36.0 Å². The number of benzene rings is 1. The van der Waals surface area contributed by atoms with E-state index in [-0.39, 0.29) is 16.7 Å². The predicted octanol–water partition coefficient (Wildman–Crippen LogP) is 4.14. The minimum absolute atomic E-state index is 0.0907. The van der Waals surface area contributed by atoms with E-state index in [1.54, 1.807) is 4.40 Å². The summed E-state index contributed by atoms with van der Waals surface area (Å²) >= 11 is 5.71. The van der Waals surface area contributed by atoms with Gasteiger partial charge in [0.2, 0.25) is 0 Å². The van der Waals surface area contributed by atoms with Crippen LogP contribution in [0.4, 0.5) is 19.0 Å². The Kier molecular flexibility index (Phi) is 4.86. The fourth-order valence-electron chi connectivity index (χ4n) is 2.80. The van der Waals surface area contributed by atoms with Gasteiger partial charge in [0.1, 0.15) is 10.8 Å². The van der Waals surface area contributed by atoms with Crippen LogP contribution in [0.25, 0.3) is 16.9 Å². The molecular weight excluding hydrogens is 421 g/mol. The van der Waals surface area contributed by atoms with E-state index < -0.39 is 17.6 Å². The lowest BCUT2D eigenvalue weighted by Gasteiger charge is -2.15. The maximum absolute atomic E-state index is 12.8. The van der Waals surface area contributed by atoms with Crippen LogP contribution >= 0.6 is 11.6 Å². The Morgan fingerprint density at radius 3 is 2.37 bits per heavy atom. The monoisotopic (exact) mass is 432 g/mol. The molecule has 0 atom stereocenters. The number of carbonyl (C=O) groups excluding carboxylic acids is 1. The smallest absolute Gasteiger partial charge is 0.296 e. The zero-order chi connectivity index (χ0) is 21.5. The lowest BCUT2D eigenvalue weighted by Crippen LogP contribution is -2.28. The van der Waals surface area contributed by atoms with E-state index in [4.69, 9.17) is 11.6 Å². The topological polar surface area (TPSA) is 76.3 Å². The van der Waals surface area contributed by atoms with Crippen LogP contribution in [0, 0.1) is 0 Å². The molecule has 0 saturated carbocycles. The molecule has 0 bridgehead atoms. The molecule has 4 rings (SSSR count). The Balaban J connectivity index is 1.69. The van der Waals surface area contributed by atoms with Crippen molar-refractivity contribution in [2.24, 2.45) is 0 Å². The van der Waals surface area contributed by atoms with E-state index in [1.807, 2.05) is 0 Å². The maximum Gasteiger partial charge on any atom is 0.416 e. The van der Waals surface area contributed by atoms with Crippen LogP contribution in [0.15, 0.2) is 55.2 Å². The molecule has 0 unspecified atom stereocenters. The summed E-state index contributed by atoms with van der Waals surface area (Å²) in [7, 11) is 1.51. The summed E-state index contributed by atoms with van der Waals surface area (Å²) in [6, 6.07) is 4.69. The van der Waals surface area contributed by atoms with Gasteiger partial charge < -0.3 is 0 Å². The zero-order valence-corrected chi connectivity index (χ0v) is 16.1. The highest BCUT2D eigenvalue weighted by molar-refractivity contribution is 6.29. The first-order valence-electron chi connectivity index (χ1n) is 8.50. The quantitative estimate of drug-likeness (QED) is 0.486. The van der Waals surface area contributed by atoms with Crippen molar-refractivity contribution < 1.29 is 18.0 Å². The Labute approximate surface area is 172 Å².